The van der Waals surface area contributed by atoms with Gasteiger partial charge in [0.1, 0.15) is 0 Å². The zero-order chi connectivity index (χ0) is 18.8. The average molecular weight is 356 g/mol. The molecule has 1 aromatic heterocycles. The molecule has 3 nitrogen and oxygen atoms in total. The molecule has 3 aromatic carbocycles. The molecule has 0 radical (unpaired) electrons. The molecule has 0 bridgehead atoms. The third-order valence-corrected chi connectivity index (χ3v) is 5.26. The van der Waals surface area contributed by atoms with Crippen molar-refractivity contribution in [2.45, 2.75) is 19.9 Å². The maximum absolute atomic E-state index is 12.2. The molecule has 4 aromatic rings. The lowest BCUT2D eigenvalue weighted by atomic mass is 10.1. The van der Waals surface area contributed by atoms with Crippen LogP contribution in [0.5, 0.6) is 0 Å². The lowest BCUT2D eigenvalue weighted by Crippen LogP contribution is -2.30. The number of aryl methyl sites for hydroxylation is 1. The van der Waals surface area contributed by atoms with Crippen molar-refractivity contribution in [2.75, 3.05) is 6.54 Å². The van der Waals surface area contributed by atoms with E-state index in [4.69, 9.17) is 0 Å². The quantitative estimate of drug-likeness (QED) is 0.498. The van der Waals surface area contributed by atoms with Crippen molar-refractivity contribution in [3.8, 4) is 0 Å². The largest absolute Gasteiger partial charge is 0.350 e. The minimum Gasteiger partial charge on any atom is -0.350 e. The van der Waals surface area contributed by atoms with Gasteiger partial charge in [-0.05, 0) is 40.5 Å². The van der Waals surface area contributed by atoms with Crippen LogP contribution in [0, 0.1) is 0 Å². The fraction of sp³-hybridized carbons (Fsp3) is 0.208. The highest BCUT2D eigenvalue weighted by Gasteiger charge is 2.12. The highest BCUT2D eigenvalue weighted by molar-refractivity contribution is 5.84. The predicted octanol–water partition coefficient (Wildman–Crippen LogP) is 4.92. The first-order chi connectivity index (χ1) is 13.1. The number of benzene rings is 3. The Bertz CT molecular complexity index is 1110. The molecule has 27 heavy (non-hydrogen) atoms. The molecule has 0 saturated heterocycles. The summed E-state index contributed by atoms with van der Waals surface area (Å²) in [5.41, 5.74) is 3.69. The Morgan fingerprint density at radius 3 is 2.52 bits per heavy atom. The first kappa shape index (κ1) is 17.3. The second kappa shape index (κ2) is 7.28. The normalized spacial score (nSPS) is 11.2. The Hall–Kier alpha value is -3.07. The van der Waals surface area contributed by atoms with Gasteiger partial charge < -0.3 is 9.47 Å². The SMILES string of the molecule is CC(=O)N(CCc1cn(C)c2ccccc12)Cc1ccc2ccccc2c1. The van der Waals surface area contributed by atoms with Gasteiger partial charge in [-0.2, -0.15) is 0 Å². The topological polar surface area (TPSA) is 25.2 Å². The van der Waals surface area contributed by atoms with E-state index in [2.05, 4.69) is 78.5 Å². The molecule has 4 rings (SSSR count). The van der Waals surface area contributed by atoms with Crippen LogP contribution in [0.1, 0.15) is 18.1 Å². The highest BCUT2D eigenvalue weighted by atomic mass is 16.2. The fourth-order valence-corrected chi connectivity index (χ4v) is 3.79. The van der Waals surface area contributed by atoms with Crippen LogP contribution >= 0.6 is 0 Å². The smallest absolute Gasteiger partial charge is 0.219 e. The summed E-state index contributed by atoms with van der Waals surface area (Å²) in [7, 11) is 2.07. The van der Waals surface area contributed by atoms with Gasteiger partial charge in [-0.25, -0.2) is 0 Å². The minimum absolute atomic E-state index is 0.114. The van der Waals surface area contributed by atoms with Crippen LogP contribution < -0.4 is 0 Å². The Labute approximate surface area is 159 Å². The third-order valence-electron chi connectivity index (χ3n) is 5.26. The lowest BCUT2D eigenvalue weighted by Gasteiger charge is -2.21. The summed E-state index contributed by atoms with van der Waals surface area (Å²) in [6.07, 6.45) is 3.04. The summed E-state index contributed by atoms with van der Waals surface area (Å²) in [5.74, 6) is 0.114. The number of aromatic nitrogens is 1. The van der Waals surface area contributed by atoms with E-state index in [0.717, 1.165) is 13.0 Å². The lowest BCUT2D eigenvalue weighted by molar-refractivity contribution is -0.129. The number of fused-ring (bicyclic) bond motifs is 2. The summed E-state index contributed by atoms with van der Waals surface area (Å²) >= 11 is 0. The fourth-order valence-electron chi connectivity index (χ4n) is 3.79. The molecule has 0 unspecified atom stereocenters. The van der Waals surface area contributed by atoms with Gasteiger partial charge in [0.2, 0.25) is 5.91 Å². The van der Waals surface area contributed by atoms with E-state index in [1.807, 2.05) is 11.0 Å². The van der Waals surface area contributed by atoms with Gasteiger partial charge in [-0.3, -0.25) is 4.79 Å². The number of nitrogens with zero attached hydrogens (tertiary/aromatic N) is 2. The molecule has 1 heterocycles. The second-order valence-electron chi connectivity index (χ2n) is 7.15. The van der Waals surface area contributed by atoms with Crippen molar-refractivity contribution in [1.29, 1.82) is 0 Å². The molecule has 0 aliphatic carbocycles. The Kier molecular flexibility index (Phi) is 4.68. The third kappa shape index (κ3) is 3.59. The second-order valence-corrected chi connectivity index (χ2v) is 7.15. The number of carbonyl (C=O) groups excluding carboxylic acids is 1. The minimum atomic E-state index is 0.114. The Morgan fingerprint density at radius 2 is 1.70 bits per heavy atom. The van der Waals surface area contributed by atoms with Crippen LogP contribution in [0.15, 0.2) is 72.9 Å². The maximum Gasteiger partial charge on any atom is 0.219 e. The van der Waals surface area contributed by atoms with Crippen molar-refractivity contribution < 1.29 is 4.79 Å². The van der Waals surface area contributed by atoms with Crippen molar-refractivity contribution in [1.82, 2.24) is 9.47 Å². The molecule has 0 aliphatic rings. The summed E-state index contributed by atoms with van der Waals surface area (Å²) in [6, 6.07) is 23.2. The predicted molar refractivity (Wildman–Crippen MR) is 112 cm³/mol. The first-order valence-electron chi connectivity index (χ1n) is 9.38. The highest BCUT2D eigenvalue weighted by Crippen LogP contribution is 2.22. The molecule has 0 aliphatic heterocycles. The number of hydrogen-bond donors (Lipinski definition) is 0. The number of rotatable bonds is 5. The summed E-state index contributed by atoms with van der Waals surface area (Å²) in [4.78, 5) is 14.2. The number of carbonyl (C=O) groups is 1. The number of para-hydroxylation sites is 1. The molecule has 3 heteroatoms. The number of amides is 1. The molecule has 0 atom stereocenters. The molecular formula is C24H24N2O. The van der Waals surface area contributed by atoms with E-state index < -0.39 is 0 Å². The van der Waals surface area contributed by atoms with Crippen LogP contribution in [0.3, 0.4) is 0 Å². The number of hydrogen-bond acceptors (Lipinski definition) is 1. The van der Waals surface area contributed by atoms with Crippen LogP contribution in [0.2, 0.25) is 0 Å². The van der Waals surface area contributed by atoms with E-state index in [1.54, 1.807) is 6.92 Å². The molecule has 0 saturated carbocycles. The molecule has 0 spiro atoms. The maximum atomic E-state index is 12.2. The zero-order valence-corrected chi connectivity index (χ0v) is 15.9. The van der Waals surface area contributed by atoms with Crippen LogP contribution in [-0.2, 0) is 24.8 Å². The van der Waals surface area contributed by atoms with E-state index in [9.17, 15) is 4.79 Å². The standard InChI is InChI=1S/C24H24N2O/c1-18(27)26(16-19-11-12-20-7-3-4-8-21(20)15-19)14-13-22-17-25(2)24-10-6-5-9-23(22)24/h3-12,15,17H,13-14,16H2,1-2H3. The Morgan fingerprint density at radius 1 is 0.963 bits per heavy atom. The zero-order valence-electron chi connectivity index (χ0n) is 15.9. The summed E-state index contributed by atoms with van der Waals surface area (Å²) in [6.45, 7) is 3.02. The van der Waals surface area contributed by atoms with E-state index >= 15 is 0 Å². The Balaban J connectivity index is 1.53. The monoisotopic (exact) mass is 356 g/mol. The molecule has 0 N–H and O–H groups in total. The van der Waals surface area contributed by atoms with E-state index in [-0.39, 0.29) is 5.91 Å². The van der Waals surface area contributed by atoms with E-state index in [0.29, 0.717) is 6.54 Å². The van der Waals surface area contributed by atoms with Gasteiger partial charge in [-0.15, -0.1) is 0 Å². The van der Waals surface area contributed by atoms with Crippen molar-refractivity contribution in [3.63, 3.8) is 0 Å². The molecule has 0 fully saturated rings. The molecule has 1 amide bonds. The van der Waals surface area contributed by atoms with Gasteiger partial charge in [0.05, 0.1) is 0 Å². The van der Waals surface area contributed by atoms with Crippen molar-refractivity contribution >= 4 is 27.6 Å². The summed E-state index contributed by atoms with van der Waals surface area (Å²) in [5, 5.41) is 3.72. The molecular weight excluding hydrogens is 332 g/mol. The first-order valence-corrected chi connectivity index (χ1v) is 9.38. The van der Waals surface area contributed by atoms with Crippen LogP contribution in [-0.4, -0.2) is 21.9 Å². The van der Waals surface area contributed by atoms with Gasteiger partial charge in [0.25, 0.3) is 0 Å². The van der Waals surface area contributed by atoms with E-state index in [1.165, 1.54) is 32.8 Å². The van der Waals surface area contributed by atoms with Crippen LogP contribution in [0.4, 0.5) is 0 Å². The van der Waals surface area contributed by atoms with Crippen molar-refractivity contribution in [2.24, 2.45) is 7.05 Å². The van der Waals surface area contributed by atoms with Gasteiger partial charge in [0, 0.05) is 44.2 Å². The van der Waals surface area contributed by atoms with Crippen molar-refractivity contribution in [3.05, 3.63) is 84.1 Å². The average Bonchev–Trinajstić information content (AvgIpc) is 3.01. The summed E-state index contributed by atoms with van der Waals surface area (Å²) < 4.78 is 2.16. The van der Waals surface area contributed by atoms with Crippen LogP contribution in [0.25, 0.3) is 21.7 Å². The van der Waals surface area contributed by atoms with Gasteiger partial charge in [0.15, 0.2) is 0 Å². The molecule has 136 valence electrons. The van der Waals surface area contributed by atoms with Gasteiger partial charge >= 0.3 is 0 Å². The van der Waals surface area contributed by atoms with Gasteiger partial charge in [-0.1, -0.05) is 54.6 Å².